The Labute approximate surface area is 229 Å². The summed E-state index contributed by atoms with van der Waals surface area (Å²) in [4.78, 5) is 20.1. The van der Waals surface area contributed by atoms with E-state index in [1.165, 1.54) is 16.9 Å². The number of fused-ring (bicyclic) bond motifs is 5. The first-order valence-electron chi connectivity index (χ1n) is 14.6. The van der Waals surface area contributed by atoms with Gasteiger partial charge in [-0.1, -0.05) is 0 Å². The highest BCUT2D eigenvalue weighted by Crippen LogP contribution is 2.53. The van der Waals surface area contributed by atoms with Crippen molar-refractivity contribution in [3.8, 4) is 0 Å². The van der Waals surface area contributed by atoms with Gasteiger partial charge < -0.3 is 20.3 Å². The number of pyridine rings is 1. The molecule has 0 spiro atoms. The molecule has 208 valence electrons. The van der Waals surface area contributed by atoms with Crippen molar-refractivity contribution in [1.82, 2.24) is 35.2 Å². The molecular formula is C29H40N8O2. The monoisotopic (exact) mass is 532 g/mol. The molecular weight excluding hydrogens is 492 g/mol. The van der Waals surface area contributed by atoms with E-state index in [2.05, 4.69) is 45.2 Å². The Morgan fingerprint density at radius 1 is 1.21 bits per heavy atom. The number of nitrogens with zero attached hydrogens (tertiary/aromatic N) is 6. The lowest BCUT2D eigenvalue weighted by Gasteiger charge is -2.54. The van der Waals surface area contributed by atoms with Gasteiger partial charge in [-0.05, 0) is 63.9 Å². The Kier molecular flexibility index (Phi) is 5.97. The molecule has 5 heterocycles. The third-order valence-electron chi connectivity index (χ3n) is 10.0. The predicted octanol–water partition coefficient (Wildman–Crippen LogP) is 2.54. The molecule has 0 radical (unpaired) electrons. The van der Waals surface area contributed by atoms with Gasteiger partial charge in [0.25, 0.3) is 0 Å². The van der Waals surface area contributed by atoms with E-state index in [4.69, 9.17) is 14.8 Å². The summed E-state index contributed by atoms with van der Waals surface area (Å²) in [6, 6.07) is 1.98. The van der Waals surface area contributed by atoms with Crippen LogP contribution in [0.25, 0.3) is 11.0 Å². The second kappa shape index (κ2) is 9.30. The molecule has 3 aliphatic carbocycles. The predicted molar refractivity (Wildman–Crippen MR) is 149 cm³/mol. The molecule has 10 heteroatoms. The molecule has 2 aliphatic heterocycles. The number of anilines is 1. The molecule has 1 unspecified atom stereocenters. The minimum Gasteiger partial charge on any atom is -0.378 e. The second-order valence-electron chi connectivity index (χ2n) is 12.5. The van der Waals surface area contributed by atoms with E-state index in [-0.39, 0.29) is 22.9 Å². The maximum atomic E-state index is 12.9. The van der Waals surface area contributed by atoms with E-state index < -0.39 is 0 Å². The number of aromatic nitrogens is 5. The first-order valence-corrected chi connectivity index (χ1v) is 14.6. The van der Waals surface area contributed by atoms with Gasteiger partial charge in [-0.25, -0.2) is 4.98 Å². The van der Waals surface area contributed by atoms with E-state index in [1.807, 2.05) is 17.9 Å². The van der Waals surface area contributed by atoms with Crippen LogP contribution in [-0.4, -0.2) is 68.3 Å². The molecule has 3 aromatic rings. The fourth-order valence-corrected chi connectivity index (χ4v) is 7.57. The Morgan fingerprint density at radius 2 is 2.00 bits per heavy atom. The molecule has 2 N–H and O–H groups in total. The van der Waals surface area contributed by atoms with Gasteiger partial charge in [0.05, 0.1) is 36.2 Å². The molecule has 3 saturated carbocycles. The van der Waals surface area contributed by atoms with Crippen molar-refractivity contribution in [1.29, 1.82) is 0 Å². The van der Waals surface area contributed by atoms with Crippen molar-refractivity contribution >= 4 is 22.6 Å². The van der Waals surface area contributed by atoms with Crippen LogP contribution in [0.1, 0.15) is 61.2 Å². The number of morpholine rings is 1. The quantitative estimate of drug-likeness (QED) is 0.521. The zero-order valence-electron chi connectivity index (χ0n) is 23.4. The molecule has 4 fully saturated rings. The minimum atomic E-state index is -0.217. The third kappa shape index (κ3) is 4.32. The summed E-state index contributed by atoms with van der Waals surface area (Å²) in [6.07, 6.45) is 9.56. The molecule has 0 aromatic carbocycles. The van der Waals surface area contributed by atoms with Gasteiger partial charge in [-0.15, -0.1) is 0 Å². The summed E-state index contributed by atoms with van der Waals surface area (Å²) in [5, 5.41) is 17.4. The minimum absolute atomic E-state index is 0.0434. The van der Waals surface area contributed by atoms with Crippen molar-refractivity contribution < 1.29 is 9.53 Å². The van der Waals surface area contributed by atoms with Crippen LogP contribution in [0.4, 0.5) is 5.69 Å². The summed E-state index contributed by atoms with van der Waals surface area (Å²) in [6.45, 7) is 8.96. The van der Waals surface area contributed by atoms with E-state index in [0.29, 0.717) is 13.2 Å². The van der Waals surface area contributed by atoms with Gasteiger partial charge in [0.15, 0.2) is 5.65 Å². The lowest BCUT2D eigenvalue weighted by molar-refractivity contribution is -0.130. The van der Waals surface area contributed by atoms with E-state index in [9.17, 15) is 4.79 Å². The van der Waals surface area contributed by atoms with Crippen molar-refractivity contribution in [2.75, 3.05) is 31.2 Å². The molecule has 5 aliphatic rings. The average molecular weight is 533 g/mol. The number of hydrogen-bond acceptors (Lipinski definition) is 7. The highest BCUT2D eigenvalue weighted by molar-refractivity contribution is 5.89. The fraction of sp³-hybridized carbons (Fsp3) is 0.655. The van der Waals surface area contributed by atoms with Crippen molar-refractivity contribution in [2.45, 2.75) is 83.5 Å². The number of ether oxygens (including phenoxy) is 1. The van der Waals surface area contributed by atoms with Crippen LogP contribution in [0.5, 0.6) is 0 Å². The molecule has 39 heavy (non-hydrogen) atoms. The maximum Gasteiger partial charge on any atom is 0.239 e. The zero-order chi connectivity index (χ0) is 26.8. The normalized spacial score (nSPS) is 28.6. The van der Waals surface area contributed by atoms with Crippen LogP contribution < -0.4 is 15.5 Å². The standard InChI is InChI=1S/C29H40N8O2/c1-19-14-25(21-15-31-35(3)26(21)32-19)36-12-4-24-22(16-36)20(2)34-37(24)18-28-5-8-29(9-6-28,10-7-28)33-27(38)23-17-39-13-11-30-23/h14-15,23,30H,4-13,16-18H2,1-3H3,(H,33,38). The van der Waals surface area contributed by atoms with Crippen molar-refractivity contribution in [3.63, 3.8) is 0 Å². The topological polar surface area (TPSA) is 102 Å². The Balaban J connectivity index is 1.05. The van der Waals surface area contributed by atoms with Gasteiger partial charge in [0, 0.05) is 62.1 Å². The van der Waals surface area contributed by atoms with Gasteiger partial charge in [0.2, 0.25) is 5.91 Å². The smallest absolute Gasteiger partial charge is 0.239 e. The fourth-order valence-electron chi connectivity index (χ4n) is 7.57. The van der Waals surface area contributed by atoms with Gasteiger partial charge in [-0.3, -0.25) is 14.2 Å². The number of amides is 1. The Hall–Kier alpha value is -2.98. The highest BCUT2D eigenvalue weighted by atomic mass is 16.5. The van der Waals surface area contributed by atoms with Gasteiger partial charge >= 0.3 is 0 Å². The van der Waals surface area contributed by atoms with Crippen LogP contribution in [0.2, 0.25) is 0 Å². The lowest BCUT2D eigenvalue weighted by Crippen LogP contribution is -2.62. The molecule has 8 rings (SSSR count). The van der Waals surface area contributed by atoms with E-state index >= 15 is 0 Å². The summed E-state index contributed by atoms with van der Waals surface area (Å²) in [5.41, 5.74) is 7.34. The van der Waals surface area contributed by atoms with Crippen molar-refractivity contribution in [2.24, 2.45) is 12.5 Å². The molecule has 1 amide bonds. The number of carbonyl (C=O) groups excluding carboxylic acids is 1. The number of aryl methyl sites for hydroxylation is 3. The van der Waals surface area contributed by atoms with Crippen LogP contribution >= 0.6 is 0 Å². The summed E-state index contributed by atoms with van der Waals surface area (Å²) in [5.74, 6) is 0.110. The first-order chi connectivity index (χ1) is 18.8. The van der Waals surface area contributed by atoms with Crippen LogP contribution in [0.3, 0.4) is 0 Å². The maximum absolute atomic E-state index is 12.9. The highest BCUT2D eigenvalue weighted by Gasteiger charge is 2.50. The first kappa shape index (κ1) is 25.0. The number of rotatable bonds is 5. The van der Waals surface area contributed by atoms with E-state index in [1.54, 1.807) is 0 Å². The molecule has 1 saturated heterocycles. The SMILES string of the molecule is Cc1cc(N2CCc3c(c(C)nn3CC34CCC(NC(=O)C5COCCN5)(CC3)CC4)C2)c2cnn(C)c2n1. The zero-order valence-corrected chi connectivity index (χ0v) is 23.4. The van der Waals surface area contributed by atoms with Crippen LogP contribution in [0, 0.1) is 19.3 Å². The number of nitrogens with one attached hydrogen (secondary N) is 2. The molecule has 3 aromatic heterocycles. The molecule has 10 nitrogen and oxygen atoms in total. The average Bonchev–Trinajstić information content (AvgIpc) is 3.48. The summed E-state index contributed by atoms with van der Waals surface area (Å²) < 4.78 is 9.72. The van der Waals surface area contributed by atoms with Gasteiger partial charge in [0.1, 0.15) is 6.04 Å². The third-order valence-corrected chi connectivity index (χ3v) is 10.0. The molecule has 2 bridgehead atoms. The molecule has 1 atom stereocenters. The number of carbonyl (C=O) groups is 1. The summed E-state index contributed by atoms with van der Waals surface area (Å²) >= 11 is 0. The van der Waals surface area contributed by atoms with Crippen molar-refractivity contribution in [3.05, 3.63) is 34.9 Å². The Bertz CT molecular complexity index is 1390. The van der Waals surface area contributed by atoms with E-state index in [0.717, 1.165) is 93.5 Å². The lowest BCUT2D eigenvalue weighted by atomic mass is 9.57. The Morgan fingerprint density at radius 3 is 2.74 bits per heavy atom. The van der Waals surface area contributed by atoms with Crippen LogP contribution in [-0.2, 0) is 36.1 Å². The summed E-state index contributed by atoms with van der Waals surface area (Å²) in [7, 11) is 1.96. The second-order valence-corrected chi connectivity index (χ2v) is 12.5. The van der Waals surface area contributed by atoms with Gasteiger partial charge in [-0.2, -0.15) is 10.2 Å². The largest absolute Gasteiger partial charge is 0.378 e. The number of hydrogen-bond donors (Lipinski definition) is 2. The van der Waals surface area contributed by atoms with Crippen LogP contribution in [0.15, 0.2) is 12.3 Å².